The second-order valence-electron chi connectivity index (χ2n) is 5.22. The number of aromatic nitrogens is 1. The summed E-state index contributed by atoms with van der Waals surface area (Å²) in [6.07, 6.45) is 0. The average Bonchev–Trinajstić information content (AvgIpc) is 2.97. The lowest BCUT2D eigenvalue weighted by Crippen LogP contribution is -2.30. The van der Waals surface area contributed by atoms with Crippen LogP contribution >= 0.6 is 35.6 Å². The molecular weight excluding hydrogens is 385 g/mol. The Morgan fingerprint density at radius 2 is 1.84 bits per heavy atom. The number of likely N-dealkylation sites (N-methyl/N-ethyl adjacent to an activating group) is 1. The van der Waals surface area contributed by atoms with Crippen molar-refractivity contribution in [1.82, 2.24) is 15.6 Å². The Balaban J connectivity index is 0.00000225. The van der Waals surface area contributed by atoms with Crippen LogP contribution in [0.5, 0.6) is 0 Å². The van der Waals surface area contributed by atoms with Gasteiger partial charge in [-0.1, -0.05) is 23.2 Å². The largest absolute Gasteiger partial charge is 0.436 e. The highest BCUT2D eigenvalue weighted by Crippen LogP contribution is 2.29. The van der Waals surface area contributed by atoms with Gasteiger partial charge in [-0.15, -0.1) is 12.4 Å². The summed E-state index contributed by atoms with van der Waals surface area (Å²) in [5.74, 6) is 0.248. The molecule has 0 saturated heterocycles. The first-order valence-electron chi connectivity index (χ1n) is 7.36. The van der Waals surface area contributed by atoms with E-state index in [2.05, 4.69) is 15.6 Å². The Labute approximate surface area is 161 Å². The molecule has 0 bridgehead atoms. The summed E-state index contributed by atoms with van der Waals surface area (Å²) >= 11 is 12.0. The number of fused-ring (bicyclic) bond motifs is 1. The molecule has 0 atom stereocenters. The lowest BCUT2D eigenvalue weighted by atomic mass is 10.2. The Morgan fingerprint density at radius 3 is 2.52 bits per heavy atom. The molecule has 0 fully saturated rings. The van der Waals surface area contributed by atoms with E-state index in [9.17, 15) is 4.79 Å². The SMILES string of the molecule is CNCCNC(=O)c1ccc2nc(-c3cc(Cl)cc(Cl)c3)oc2c1.Cl. The lowest BCUT2D eigenvalue weighted by Gasteiger charge is -2.04. The minimum absolute atomic E-state index is 0. The second kappa shape index (κ2) is 8.54. The van der Waals surface area contributed by atoms with E-state index in [0.29, 0.717) is 51.3 Å². The van der Waals surface area contributed by atoms with E-state index in [1.54, 1.807) is 36.4 Å². The fraction of sp³-hybridized carbons (Fsp3) is 0.176. The molecule has 25 heavy (non-hydrogen) atoms. The predicted molar refractivity (Wildman–Crippen MR) is 103 cm³/mol. The number of hydrogen-bond donors (Lipinski definition) is 2. The number of hydrogen-bond acceptors (Lipinski definition) is 4. The maximum Gasteiger partial charge on any atom is 0.251 e. The molecule has 2 N–H and O–H groups in total. The van der Waals surface area contributed by atoms with Crippen molar-refractivity contribution in [3.05, 3.63) is 52.0 Å². The highest BCUT2D eigenvalue weighted by Gasteiger charge is 2.12. The van der Waals surface area contributed by atoms with E-state index in [1.165, 1.54) is 0 Å². The van der Waals surface area contributed by atoms with E-state index in [-0.39, 0.29) is 18.3 Å². The van der Waals surface area contributed by atoms with Crippen LogP contribution < -0.4 is 10.6 Å². The normalized spacial score (nSPS) is 10.5. The smallest absolute Gasteiger partial charge is 0.251 e. The minimum atomic E-state index is -0.157. The van der Waals surface area contributed by atoms with Gasteiger partial charge in [0.05, 0.1) is 0 Å². The van der Waals surface area contributed by atoms with Crippen LogP contribution in [0.4, 0.5) is 0 Å². The van der Waals surface area contributed by atoms with Gasteiger partial charge in [0.15, 0.2) is 5.58 Å². The van der Waals surface area contributed by atoms with Gasteiger partial charge in [0.1, 0.15) is 5.52 Å². The molecule has 5 nitrogen and oxygen atoms in total. The quantitative estimate of drug-likeness (QED) is 0.631. The minimum Gasteiger partial charge on any atom is -0.436 e. The van der Waals surface area contributed by atoms with Crippen molar-refractivity contribution in [2.75, 3.05) is 20.1 Å². The summed E-state index contributed by atoms with van der Waals surface area (Å²) in [6, 6.07) is 10.2. The molecule has 0 aliphatic heterocycles. The summed E-state index contributed by atoms with van der Waals surface area (Å²) < 4.78 is 5.76. The second-order valence-corrected chi connectivity index (χ2v) is 6.09. The molecule has 0 aliphatic carbocycles. The molecule has 1 aromatic heterocycles. The number of nitrogens with zero attached hydrogens (tertiary/aromatic N) is 1. The van der Waals surface area contributed by atoms with Crippen molar-refractivity contribution in [3.8, 4) is 11.5 Å². The van der Waals surface area contributed by atoms with Crippen molar-refractivity contribution in [1.29, 1.82) is 0 Å². The number of amides is 1. The number of halogens is 3. The van der Waals surface area contributed by atoms with Crippen LogP contribution in [0.2, 0.25) is 10.0 Å². The molecule has 0 spiro atoms. The monoisotopic (exact) mass is 399 g/mol. The van der Waals surface area contributed by atoms with Gasteiger partial charge in [-0.25, -0.2) is 4.98 Å². The van der Waals surface area contributed by atoms with E-state index < -0.39 is 0 Å². The summed E-state index contributed by atoms with van der Waals surface area (Å²) in [5.41, 5.74) is 2.39. The Bertz CT molecular complexity index is 876. The summed E-state index contributed by atoms with van der Waals surface area (Å²) in [4.78, 5) is 16.5. The van der Waals surface area contributed by atoms with Crippen LogP contribution in [-0.4, -0.2) is 31.0 Å². The first-order chi connectivity index (χ1) is 11.6. The van der Waals surface area contributed by atoms with Crippen LogP contribution in [0.15, 0.2) is 40.8 Å². The van der Waals surface area contributed by atoms with Crippen LogP contribution in [0, 0.1) is 0 Å². The van der Waals surface area contributed by atoms with Crippen LogP contribution in [0.3, 0.4) is 0 Å². The van der Waals surface area contributed by atoms with Gasteiger partial charge < -0.3 is 15.1 Å². The lowest BCUT2D eigenvalue weighted by molar-refractivity contribution is 0.0954. The van der Waals surface area contributed by atoms with E-state index in [4.69, 9.17) is 27.6 Å². The van der Waals surface area contributed by atoms with Crippen molar-refractivity contribution in [2.24, 2.45) is 0 Å². The Morgan fingerprint density at radius 1 is 1.12 bits per heavy atom. The molecule has 3 aromatic rings. The molecule has 1 amide bonds. The Kier molecular flexibility index (Phi) is 6.67. The third-order valence-electron chi connectivity index (χ3n) is 3.42. The fourth-order valence-corrected chi connectivity index (χ4v) is 2.80. The molecule has 1 heterocycles. The first-order valence-corrected chi connectivity index (χ1v) is 8.12. The van der Waals surface area contributed by atoms with Gasteiger partial charge in [-0.3, -0.25) is 4.79 Å². The zero-order valence-electron chi connectivity index (χ0n) is 13.3. The number of oxazole rings is 1. The van der Waals surface area contributed by atoms with Crippen LogP contribution in [0.25, 0.3) is 22.6 Å². The molecule has 132 valence electrons. The third kappa shape index (κ3) is 4.64. The van der Waals surface area contributed by atoms with Gasteiger partial charge in [0, 0.05) is 34.3 Å². The van der Waals surface area contributed by atoms with Crippen molar-refractivity contribution >= 4 is 52.6 Å². The number of nitrogens with one attached hydrogen (secondary N) is 2. The van der Waals surface area contributed by atoms with Gasteiger partial charge in [0.2, 0.25) is 5.89 Å². The van der Waals surface area contributed by atoms with E-state index in [1.807, 2.05) is 7.05 Å². The molecule has 0 saturated carbocycles. The summed E-state index contributed by atoms with van der Waals surface area (Å²) in [6.45, 7) is 1.26. The third-order valence-corrected chi connectivity index (χ3v) is 3.86. The molecule has 0 radical (unpaired) electrons. The maximum absolute atomic E-state index is 12.1. The molecule has 0 aliphatic rings. The highest BCUT2D eigenvalue weighted by atomic mass is 35.5. The van der Waals surface area contributed by atoms with Crippen LogP contribution in [-0.2, 0) is 0 Å². The number of benzene rings is 2. The zero-order chi connectivity index (χ0) is 17.1. The Hall–Kier alpha value is -1.79. The van der Waals surface area contributed by atoms with Crippen molar-refractivity contribution in [2.45, 2.75) is 0 Å². The molecule has 3 rings (SSSR count). The topological polar surface area (TPSA) is 67.2 Å². The van der Waals surface area contributed by atoms with Gasteiger partial charge in [-0.2, -0.15) is 0 Å². The highest BCUT2D eigenvalue weighted by molar-refractivity contribution is 6.35. The summed E-state index contributed by atoms with van der Waals surface area (Å²) in [7, 11) is 1.83. The average molecular weight is 401 g/mol. The molecular formula is C17H16Cl3N3O2. The molecule has 0 unspecified atom stereocenters. The number of carbonyl (C=O) groups is 1. The molecule has 8 heteroatoms. The van der Waals surface area contributed by atoms with Gasteiger partial charge >= 0.3 is 0 Å². The predicted octanol–water partition coefficient (Wildman–Crippen LogP) is 4.17. The van der Waals surface area contributed by atoms with E-state index >= 15 is 0 Å². The number of carbonyl (C=O) groups excluding carboxylic acids is 1. The molecule has 2 aromatic carbocycles. The van der Waals surface area contributed by atoms with Crippen molar-refractivity contribution in [3.63, 3.8) is 0 Å². The van der Waals surface area contributed by atoms with E-state index in [0.717, 1.165) is 0 Å². The fourth-order valence-electron chi connectivity index (χ4n) is 2.27. The summed E-state index contributed by atoms with van der Waals surface area (Å²) in [5, 5.41) is 6.80. The van der Waals surface area contributed by atoms with Gasteiger partial charge in [0.25, 0.3) is 5.91 Å². The van der Waals surface area contributed by atoms with Crippen LogP contribution in [0.1, 0.15) is 10.4 Å². The standard InChI is InChI=1S/C17H15Cl2N3O2.ClH/c1-20-4-5-21-16(23)10-2-3-14-15(8-10)24-17(22-14)11-6-12(18)9-13(19)7-11;/h2-3,6-9,20H,4-5H2,1H3,(H,21,23);1H. The van der Waals surface area contributed by atoms with Gasteiger partial charge in [-0.05, 0) is 43.4 Å². The number of rotatable bonds is 5. The first kappa shape index (κ1) is 19.5. The van der Waals surface area contributed by atoms with Crippen molar-refractivity contribution < 1.29 is 9.21 Å². The maximum atomic E-state index is 12.1. The zero-order valence-corrected chi connectivity index (χ0v) is 15.6.